The van der Waals surface area contributed by atoms with Crippen molar-refractivity contribution < 1.29 is 54.0 Å². The van der Waals surface area contributed by atoms with Crippen molar-refractivity contribution in [1.29, 1.82) is 0 Å². The SMILES string of the molecule is CC(C)CC(=NCCCC[C@H](NC(=O)[C@H](CCCCN=C(CC(C)C)C1=C(O)CC(C)(C)CC1=O)NC(=O)[C@@H](N)CCCCN=C(CC(C)C)C1=C(O)CC(C)(C)CC1=O)C(=O)NCC(=O)O)C1=C(O)CC(C)(C)CC1=O. The van der Waals surface area contributed by atoms with Gasteiger partial charge in [0.2, 0.25) is 17.7 Å². The number of aliphatic hydroxyl groups is 3. The number of aliphatic imine (C=N–C) groups is 3. The maximum absolute atomic E-state index is 14.3. The average molecular weight is 1080 g/mol. The van der Waals surface area contributed by atoms with E-state index in [0.29, 0.717) is 113 Å². The van der Waals surface area contributed by atoms with Gasteiger partial charge in [-0.2, -0.15) is 0 Å². The highest BCUT2D eigenvalue weighted by Gasteiger charge is 2.38. The van der Waals surface area contributed by atoms with Gasteiger partial charge in [-0.05, 0) is 111 Å². The Kier molecular flexibility index (Phi) is 25.6. The van der Waals surface area contributed by atoms with Gasteiger partial charge in [0.1, 0.15) is 35.9 Å². The molecular formula is C59H95N7O11. The molecule has 3 rings (SSSR count). The summed E-state index contributed by atoms with van der Waals surface area (Å²) in [7, 11) is 0. The predicted octanol–water partition coefficient (Wildman–Crippen LogP) is 9.06. The zero-order chi connectivity index (χ0) is 58.0. The second kappa shape index (κ2) is 30.0. The van der Waals surface area contributed by atoms with Crippen LogP contribution in [0.25, 0.3) is 0 Å². The Hall–Kier alpha value is -5.52. The van der Waals surface area contributed by atoms with Gasteiger partial charge < -0.3 is 42.1 Å². The highest BCUT2D eigenvalue weighted by atomic mass is 16.4. The quantitative estimate of drug-likeness (QED) is 0.0238. The van der Waals surface area contributed by atoms with E-state index in [-0.39, 0.29) is 125 Å². The van der Waals surface area contributed by atoms with Crippen molar-refractivity contribution in [3.05, 3.63) is 34.0 Å². The van der Waals surface area contributed by atoms with E-state index >= 15 is 0 Å². The van der Waals surface area contributed by atoms with Crippen LogP contribution < -0.4 is 21.7 Å². The number of hydrogen-bond acceptors (Lipinski definition) is 14. The summed E-state index contributed by atoms with van der Waals surface area (Å²) in [5, 5.41) is 50.1. The van der Waals surface area contributed by atoms with Crippen LogP contribution in [0.3, 0.4) is 0 Å². The summed E-state index contributed by atoms with van der Waals surface area (Å²) in [6.45, 7) is 23.8. The highest BCUT2D eigenvalue weighted by Crippen LogP contribution is 2.39. The maximum atomic E-state index is 14.3. The number of carbonyl (C=O) groups is 7. The minimum absolute atomic E-state index is 0.0306. The molecule has 3 atom stereocenters. The average Bonchev–Trinajstić information content (AvgIpc) is 3.26. The molecule has 0 unspecified atom stereocenters. The van der Waals surface area contributed by atoms with Gasteiger partial charge in [-0.15, -0.1) is 0 Å². The fourth-order valence-corrected chi connectivity index (χ4v) is 10.3. The molecule has 77 heavy (non-hydrogen) atoms. The number of amides is 3. The first kappa shape index (κ1) is 65.8. The van der Waals surface area contributed by atoms with Crippen molar-refractivity contribution in [1.82, 2.24) is 16.0 Å². The van der Waals surface area contributed by atoms with Crippen molar-refractivity contribution >= 4 is 58.2 Å². The van der Waals surface area contributed by atoms with Crippen LogP contribution in [-0.4, -0.2) is 123 Å². The van der Waals surface area contributed by atoms with Gasteiger partial charge in [0.15, 0.2) is 17.3 Å². The molecule has 0 saturated heterocycles. The fourth-order valence-electron chi connectivity index (χ4n) is 10.3. The topological polar surface area (TPSA) is 300 Å². The lowest BCUT2D eigenvalue weighted by Gasteiger charge is -2.30. The zero-order valence-corrected chi connectivity index (χ0v) is 48.6. The summed E-state index contributed by atoms with van der Waals surface area (Å²) in [6.07, 6.45) is 6.52. The van der Waals surface area contributed by atoms with Gasteiger partial charge in [-0.25, -0.2) is 0 Å². The molecule has 0 aromatic heterocycles. The molecule has 0 fully saturated rings. The van der Waals surface area contributed by atoms with E-state index in [1.165, 1.54) is 0 Å². The van der Waals surface area contributed by atoms with E-state index in [2.05, 4.69) is 16.0 Å². The Morgan fingerprint density at radius 3 is 1.12 bits per heavy atom. The van der Waals surface area contributed by atoms with Crippen molar-refractivity contribution in [3.8, 4) is 0 Å². The van der Waals surface area contributed by atoms with Crippen LogP contribution in [0.5, 0.6) is 0 Å². The number of unbranched alkanes of at least 4 members (excludes halogenated alkanes) is 3. The molecule has 0 saturated carbocycles. The predicted molar refractivity (Wildman–Crippen MR) is 302 cm³/mol. The van der Waals surface area contributed by atoms with Crippen LogP contribution in [0.2, 0.25) is 0 Å². The monoisotopic (exact) mass is 1080 g/mol. The third-order valence-electron chi connectivity index (χ3n) is 13.9. The van der Waals surface area contributed by atoms with Gasteiger partial charge >= 0.3 is 5.97 Å². The van der Waals surface area contributed by atoms with Crippen molar-refractivity contribution in [2.75, 3.05) is 26.2 Å². The number of allylic oxidation sites excluding steroid dienone is 6. The molecular weight excluding hydrogens is 983 g/mol. The number of aliphatic carboxylic acids is 1. The maximum Gasteiger partial charge on any atom is 0.322 e. The highest BCUT2D eigenvalue weighted by molar-refractivity contribution is 6.24. The summed E-state index contributed by atoms with van der Waals surface area (Å²) in [5.41, 5.74) is 7.84. The summed E-state index contributed by atoms with van der Waals surface area (Å²) in [5.74, 6) is -3.12. The molecule has 3 amide bonds. The molecule has 0 radical (unpaired) electrons. The van der Waals surface area contributed by atoms with Gasteiger partial charge in [0.05, 0.1) is 22.8 Å². The Labute approximate surface area is 458 Å². The van der Waals surface area contributed by atoms with E-state index in [4.69, 9.17) is 20.7 Å². The number of Topliss-reactive ketones (excluding diaryl/α,β-unsaturated/α-hetero) is 3. The number of nitrogens with zero attached hydrogens (tertiary/aromatic N) is 3. The first-order chi connectivity index (χ1) is 35.8. The molecule has 0 bridgehead atoms. The number of aliphatic hydroxyl groups excluding tert-OH is 3. The van der Waals surface area contributed by atoms with Gasteiger partial charge in [0.25, 0.3) is 0 Å². The van der Waals surface area contributed by atoms with Crippen LogP contribution in [0.15, 0.2) is 49.0 Å². The van der Waals surface area contributed by atoms with Crippen LogP contribution in [0.4, 0.5) is 0 Å². The van der Waals surface area contributed by atoms with Gasteiger partial charge in [-0.1, -0.05) is 83.1 Å². The van der Waals surface area contributed by atoms with Crippen molar-refractivity contribution in [2.24, 2.45) is 54.7 Å². The van der Waals surface area contributed by atoms with E-state index in [9.17, 15) is 54.0 Å². The zero-order valence-electron chi connectivity index (χ0n) is 48.6. The lowest BCUT2D eigenvalue weighted by atomic mass is 9.75. The molecule has 0 aromatic rings. The Morgan fingerprint density at radius 2 is 0.805 bits per heavy atom. The molecule has 18 nitrogen and oxygen atoms in total. The number of nitrogens with two attached hydrogens (primary N) is 1. The number of ketones is 3. The summed E-state index contributed by atoms with van der Waals surface area (Å²) < 4.78 is 0. The number of nitrogens with one attached hydrogen (secondary N) is 3. The summed E-state index contributed by atoms with van der Waals surface area (Å²) in [4.78, 5) is 107. The van der Waals surface area contributed by atoms with Crippen molar-refractivity contribution in [3.63, 3.8) is 0 Å². The number of carboxylic acid groups (broad SMARTS) is 1. The molecule has 3 aliphatic rings. The first-order valence-corrected chi connectivity index (χ1v) is 28.1. The number of rotatable bonds is 31. The Morgan fingerprint density at radius 1 is 0.494 bits per heavy atom. The Balaban J connectivity index is 1.83. The van der Waals surface area contributed by atoms with Crippen molar-refractivity contribution in [2.45, 2.75) is 217 Å². The van der Waals surface area contributed by atoms with Crippen LogP contribution >= 0.6 is 0 Å². The second-order valence-electron chi connectivity index (χ2n) is 25.4. The van der Waals surface area contributed by atoms with Crippen LogP contribution in [0, 0.1) is 34.0 Å². The minimum Gasteiger partial charge on any atom is -0.511 e. The number of carboxylic acids is 1. The van der Waals surface area contributed by atoms with E-state index < -0.39 is 48.4 Å². The van der Waals surface area contributed by atoms with Crippen LogP contribution in [-0.2, 0) is 33.6 Å². The van der Waals surface area contributed by atoms with E-state index in [0.717, 1.165) is 0 Å². The lowest BCUT2D eigenvalue weighted by molar-refractivity contribution is -0.138. The molecule has 0 heterocycles. The second-order valence-corrected chi connectivity index (χ2v) is 25.4. The fraction of sp³-hybridized carbons (Fsp3) is 0.729. The molecule has 0 aromatic carbocycles. The number of hydrogen-bond donors (Lipinski definition) is 8. The van der Waals surface area contributed by atoms with Crippen LogP contribution in [0.1, 0.15) is 199 Å². The van der Waals surface area contributed by atoms with E-state index in [1.807, 2.05) is 83.1 Å². The Bertz CT molecular complexity index is 2330. The standard InChI is InChI=1S/C59H95N7O11/c1-35(2)25-41(51-44(67)28-57(7,8)29-45(51)68)61-22-16-13-19-38(60)54(75)65-40(21-15-18-24-63-43(27-37(5)6)53-48(71)32-59(11,12)33-49(53)72)56(77)66-39(55(76)64-34-50(73)74)20-14-17-23-62-42(26-36(3)4)52-46(69)30-58(9,10)31-47(52)70/h35-40,67,69,71H,13-34,60H2,1-12H3,(H,64,76)(H,65,75)(H,66,77)(H,73,74)/t38-,39-,40-/m0/s1. The van der Waals surface area contributed by atoms with E-state index in [1.54, 1.807) is 0 Å². The van der Waals surface area contributed by atoms with Gasteiger partial charge in [0, 0.05) is 75.3 Å². The molecule has 9 N–H and O–H groups in total. The molecule has 0 aliphatic heterocycles. The van der Waals surface area contributed by atoms with Gasteiger partial charge in [-0.3, -0.25) is 48.5 Å². The first-order valence-electron chi connectivity index (χ1n) is 28.1. The lowest BCUT2D eigenvalue weighted by Crippen LogP contribution is -2.56. The molecule has 432 valence electrons. The normalized spacial score (nSPS) is 19.5. The third-order valence-corrected chi connectivity index (χ3v) is 13.9. The smallest absolute Gasteiger partial charge is 0.322 e. The third kappa shape index (κ3) is 22.4. The number of carbonyl (C=O) groups excluding carboxylic acids is 6. The molecule has 0 spiro atoms. The molecule has 3 aliphatic carbocycles. The largest absolute Gasteiger partial charge is 0.511 e. The minimum atomic E-state index is -1.28. The molecule has 18 heteroatoms. The summed E-state index contributed by atoms with van der Waals surface area (Å²) >= 11 is 0. The summed E-state index contributed by atoms with van der Waals surface area (Å²) in [6, 6.07) is -3.38.